The van der Waals surface area contributed by atoms with Crippen LogP contribution in [0.2, 0.25) is 0 Å². The third-order valence-corrected chi connectivity index (χ3v) is 1.71. The molecule has 4 N–H and O–H groups in total. The molecule has 0 bridgehead atoms. The second kappa shape index (κ2) is 5.74. The van der Waals surface area contributed by atoms with E-state index in [1.54, 1.807) is 0 Å². The van der Waals surface area contributed by atoms with E-state index >= 15 is 0 Å². The summed E-state index contributed by atoms with van der Waals surface area (Å²) in [5.74, 6) is 0.157. The summed E-state index contributed by atoms with van der Waals surface area (Å²) in [6.07, 6.45) is 0. The monoisotopic (exact) mass is 189 g/mol. The van der Waals surface area contributed by atoms with E-state index in [9.17, 15) is 0 Å². The van der Waals surface area contributed by atoms with E-state index in [0.29, 0.717) is 33.0 Å². The van der Waals surface area contributed by atoms with Crippen molar-refractivity contribution in [3.63, 3.8) is 0 Å². The minimum Gasteiger partial charge on any atom is -0.409 e. The van der Waals surface area contributed by atoms with E-state index < -0.39 is 0 Å². The summed E-state index contributed by atoms with van der Waals surface area (Å²) >= 11 is 0. The smallest absolute Gasteiger partial charge is 0.153 e. The zero-order valence-corrected chi connectivity index (χ0v) is 7.40. The summed E-state index contributed by atoms with van der Waals surface area (Å²) in [5, 5.41) is 14.2. The van der Waals surface area contributed by atoms with Crippen LogP contribution in [0.4, 0.5) is 0 Å². The molecule has 1 saturated heterocycles. The fourth-order valence-electron chi connectivity index (χ4n) is 1.02. The maximum absolute atomic E-state index is 8.28. The topological polar surface area (TPSA) is 89.1 Å². The molecule has 0 spiro atoms. The van der Waals surface area contributed by atoms with Gasteiger partial charge in [-0.2, -0.15) is 0 Å². The number of amidine groups is 1. The number of rotatable bonds is 3. The van der Waals surface area contributed by atoms with E-state index in [4.69, 9.17) is 20.4 Å². The largest absolute Gasteiger partial charge is 0.409 e. The third-order valence-electron chi connectivity index (χ3n) is 1.71. The Bertz CT molecular complexity index is 166. The molecule has 0 aromatic rings. The van der Waals surface area contributed by atoms with Crippen LogP contribution >= 0.6 is 0 Å². The molecular weight excluding hydrogens is 174 g/mol. The number of hydrogen-bond donors (Lipinski definition) is 3. The van der Waals surface area contributed by atoms with Gasteiger partial charge in [0.15, 0.2) is 5.84 Å². The van der Waals surface area contributed by atoms with Crippen molar-refractivity contribution in [3.05, 3.63) is 0 Å². The number of nitrogens with one attached hydrogen (secondary N) is 1. The highest BCUT2D eigenvalue weighted by Gasteiger charge is 2.12. The molecule has 6 nitrogen and oxygen atoms in total. The van der Waals surface area contributed by atoms with Crippen molar-refractivity contribution in [2.24, 2.45) is 10.9 Å². The molecule has 1 rings (SSSR count). The van der Waals surface area contributed by atoms with Gasteiger partial charge in [-0.3, -0.25) is 0 Å². The maximum Gasteiger partial charge on any atom is 0.153 e. The quantitative estimate of drug-likeness (QED) is 0.223. The van der Waals surface area contributed by atoms with Crippen molar-refractivity contribution in [1.29, 1.82) is 0 Å². The van der Waals surface area contributed by atoms with Gasteiger partial charge < -0.3 is 25.7 Å². The Hall–Kier alpha value is -0.850. The highest BCUT2D eigenvalue weighted by molar-refractivity contribution is 5.81. The molecule has 0 aromatic carbocycles. The van der Waals surface area contributed by atoms with Crippen LogP contribution in [-0.4, -0.2) is 50.1 Å². The first-order valence-corrected chi connectivity index (χ1v) is 4.18. The van der Waals surface area contributed by atoms with E-state index in [-0.39, 0.29) is 11.9 Å². The normalized spacial score (nSPS) is 21.4. The molecule has 1 fully saturated rings. The lowest BCUT2D eigenvalue weighted by atomic mass is 10.3. The summed E-state index contributed by atoms with van der Waals surface area (Å²) in [5.41, 5.74) is 5.29. The molecule has 0 aliphatic carbocycles. The van der Waals surface area contributed by atoms with Gasteiger partial charge in [0.1, 0.15) is 0 Å². The summed E-state index contributed by atoms with van der Waals surface area (Å²) < 4.78 is 10.5. The highest BCUT2D eigenvalue weighted by atomic mass is 16.5. The summed E-state index contributed by atoms with van der Waals surface area (Å²) in [4.78, 5) is 0. The minimum absolute atomic E-state index is 0.114. The van der Waals surface area contributed by atoms with Crippen LogP contribution in [0.3, 0.4) is 0 Å². The van der Waals surface area contributed by atoms with Gasteiger partial charge in [0.05, 0.1) is 39.0 Å². The number of hydrogen-bond acceptors (Lipinski definition) is 5. The van der Waals surface area contributed by atoms with Crippen molar-refractivity contribution in [2.75, 3.05) is 33.0 Å². The average molecular weight is 189 g/mol. The molecule has 1 heterocycles. The van der Waals surface area contributed by atoms with Crippen molar-refractivity contribution >= 4 is 5.84 Å². The first-order valence-electron chi connectivity index (χ1n) is 4.18. The predicted molar refractivity (Wildman–Crippen MR) is 46.8 cm³/mol. The first-order chi connectivity index (χ1) is 6.33. The Balaban J connectivity index is 2.19. The molecule has 76 valence electrons. The van der Waals surface area contributed by atoms with E-state index in [1.165, 1.54) is 0 Å². The minimum atomic E-state index is 0.114. The lowest BCUT2D eigenvalue weighted by molar-refractivity contribution is 0.103. The summed E-state index contributed by atoms with van der Waals surface area (Å²) in [7, 11) is 0. The Kier molecular flexibility index (Phi) is 4.52. The summed E-state index contributed by atoms with van der Waals surface area (Å²) in [6.45, 7) is 2.79. The Labute approximate surface area is 76.7 Å². The third kappa shape index (κ3) is 4.07. The van der Waals surface area contributed by atoms with Gasteiger partial charge in [-0.05, 0) is 0 Å². The van der Waals surface area contributed by atoms with Crippen molar-refractivity contribution in [1.82, 2.24) is 5.32 Å². The molecule has 0 radical (unpaired) electrons. The van der Waals surface area contributed by atoms with E-state index in [2.05, 4.69) is 10.5 Å². The SMILES string of the molecule is N/C(CNC1COCCOC1)=N\O. The van der Waals surface area contributed by atoms with Gasteiger partial charge in [0.25, 0.3) is 0 Å². The zero-order chi connectivity index (χ0) is 9.52. The Morgan fingerprint density at radius 3 is 2.62 bits per heavy atom. The standard InChI is InChI=1S/C7H15N3O3/c8-7(10-11)3-9-6-4-12-1-2-13-5-6/h6,9,11H,1-5H2,(H2,8,10). The first kappa shape index (κ1) is 10.2. The Morgan fingerprint density at radius 2 is 2.08 bits per heavy atom. The number of nitrogens with zero attached hydrogens (tertiary/aromatic N) is 1. The molecule has 1 aliphatic rings. The van der Waals surface area contributed by atoms with E-state index in [0.717, 1.165) is 0 Å². The average Bonchev–Trinajstić information content (AvgIpc) is 2.42. The highest BCUT2D eigenvalue weighted by Crippen LogP contribution is 1.94. The van der Waals surface area contributed by atoms with Crippen LogP contribution in [-0.2, 0) is 9.47 Å². The molecule has 13 heavy (non-hydrogen) atoms. The van der Waals surface area contributed by atoms with Crippen LogP contribution < -0.4 is 11.1 Å². The molecule has 0 saturated carbocycles. The second-order valence-electron chi connectivity index (χ2n) is 2.82. The molecule has 0 atom stereocenters. The van der Waals surface area contributed by atoms with Gasteiger partial charge >= 0.3 is 0 Å². The molecule has 0 aromatic heterocycles. The van der Waals surface area contributed by atoms with Crippen LogP contribution in [0.1, 0.15) is 0 Å². The maximum atomic E-state index is 8.28. The van der Waals surface area contributed by atoms with Crippen molar-refractivity contribution in [3.8, 4) is 0 Å². The van der Waals surface area contributed by atoms with E-state index in [1.807, 2.05) is 0 Å². The van der Waals surface area contributed by atoms with Crippen LogP contribution in [0.15, 0.2) is 5.16 Å². The molecule has 1 aliphatic heterocycles. The molecule has 0 amide bonds. The van der Waals surface area contributed by atoms with Crippen molar-refractivity contribution < 1.29 is 14.7 Å². The van der Waals surface area contributed by atoms with Gasteiger partial charge in [0, 0.05) is 0 Å². The molecule has 0 unspecified atom stereocenters. The predicted octanol–water partition coefficient (Wildman–Crippen LogP) is -1.26. The van der Waals surface area contributed by atoms with Gasteiger partial charge in [-0.15, -0.1) is 0 Å². The lowest BCUT2D eigenvalue weighted by Gasteiger charge is -2.14. The fraction of sp³-hybridized carbons (Fsp3) is 0.857. The van der Waals surface area contributed by atoms with Gasteiger partial charge in [-0.1, -0.05) is 5.16 Å². The lowest BCUT2D eigenvalue weighted by Crippen LogP contribution is -2.41. The van der Waals surface area contributed by atoms with Crippen molar-refractivity contribution in [2.45, 2.75) is 6.04 Å². The van der Waals surface area contributed by atoms with Crippen LogP contribution in [0, 0.1) is 0 Å². The summed E-state index contributed by atoms with van der Waals surface area (Å²) in [6, 6.07) is 0.114. The second-order valence-corrected chi connectivity index (χ2v) is 2.82. The fourth-order valence-corrected chi connectivity index (χ4v) is 1.02. The zero-order valence-electron chi connectivity index (χ0n) is 7.40. The Morgan fingerprint density at radius 1 is 1.46 bits per heavy atom. The number of oxime groups is 1. The number of ether oxygens (including phenoxy) is 2. The molecular formula is C7H15N3O3. The van der Waals surface area contributed by atoms with Crippen LogP contribution in [0.25, 0.3) is 0 Å². The van der Waals surface area contributed by atoms with Gasteiger partial charge in [0.2, 0.25) is 0 Å². The number of nitrogens with two attached hydrogens (primary N) is 1. The van der Waals surface area contributed by atoms with Gasteiger partial charge in [-0.25, -0.2) is 0 Å². The molecule has 6 heteroatoms. The van der Waals surface area contributed by atoms with Crippen LogP contribution in [0.5, 0.6) is 0 Å².